The molecular formula is C16H16O5. The minimum absolute atomic E-state index is 0.0638. The molecule has 0 spiro atoms. The van der Waals surface area contributed by atoms with Crippen molar-refractivity contribution in [2.75, 3.05) is 14.2 Å². The normalized spacial score (nSPS) is 10.0. The van der Waals surface area contributed by atoms with Crippen LogP contribution in [0.4, 0.5) is 0 Å². The van der Waals surface area contributed by atoms with E-state index >= 15 is 0 Å². The first-order chi connectivity index (χ1) is 10.2. The van der Waals surface area contributed by atoms with Gasteiger partial charge in [0.1, 0.15) is 29.4 Å². The van der Waals surface area contributed by atoms with Gasteiger partial charge in [-0.2, -0.15) is 0 Å². The van der Waals surface area contributed by atoms with Crippen LogP contribution >= 0.6 is 0 Å². The Bertz CT molecular complexity index is 636. The highest BCUT2D eigenvalue weighted by molar-refractivity contribution is 5.92. The van der Waals surface area contributed by atoms with Crippen LogP contribution in [0, 0.1) is 0 Å². The number of benzene rings is 2. The van der Waals surface area contributed by atoms with E-state index in [1.54, 1.807) is 25.3 Å². The topological polar surface area (TPSA) is 65.0 Å². The number of hydrogen-bond acceptors (Lipinski definition) is 5. The summed E-state index contributed by atoms with van der Waals surface area (Å²) in [6.07, 6.45) is 0. The largest absolute Gasteiger partial charge is 0.507 e. The Hall–Kier alpha value is -2.69. The molecule has 5 heteroatoms. The van der Waals surface area contributed by atoms with Crippen molar-refractivity contribution in [2.45, 2.75) is 6.61 Å². The molecule has 0 heterocycles. The van der Waals surface area contributed by atoms with Crippen molar-refractivity contribution in [2.24, 2.45) is 0 Å². The molecule has 0 unspecified atom stereocenters. The van der Waals surface area contributed by atoms with Gasteiger partial charge in [-0.3, -0.25) is 0 Å². The molecule has 0 bridgehead atoms. The average molecular weight is 288 g/mol. The fraction of sp³-hybridized carbons (Fsp3) is 0.188. The highest BCUT2D eigenvalue weighted by atomic mass is 16.5. The lowest BCUT2D eigenvalue weighted by atomic mass is 10.2. The zero-order chi connectivity index (χ0) is 15.2. The highest BCUT2D eigenvalue weighted by Gasteiger charge is 2.14. The minimum atomic E-state index is -0.610. The molecule has 110 valence electrons. The van der Waals surface area contributed by atoms with Gasteiger partial charge >= 0.3 is 5.97 Å². The van der Waals surface area contributed by atoms with E-state index in [0.29, 0.717) is 11.5 Å². The molecule has 0 amide bonds. The van der Waals surface area contributed by atoms with Crippen LogP contribution in [0.25, 0.3) is 0 Å². The zero-order valence-electron chi connectivity index (χ0n) is 11.8. The number of esters is 1. The average Bonchev–Trinajstić information content (AvgIpc) is 2.52. The van der Waals surface area contributed by atoms with Crippen molar-refractivity contribution in [3.8, 4) is 17.2 Å². The smallest absolute Gasteiger partial charge is 0.342 e. The first kappa shape index (κ1) is 14.7. The van der Waals surface area contributed by atoms with Crippen LogP contribution in [0.3, 0.4) is 0 Å². The maximum Gasteiger partial charge on any atom is 0.342 e. The van der Waals surface area contributed by atoms with E-state index in [1.165, 1.54) is 19.2 Å². The predicted octanol–water partition coefficient (Wildman–Crippen LogP) is 2.77. The fourth-order valence-corrected chi connectivity index (χ4v) is 1.85. The molecule has 0 saturated carbocycles. The molecule has 2 aromatic carbocycles. The maximum absolute atomic E-state index is 12.0. The molecule has 0 fully saturated rings. The third-order valence-electron chi connectivity index (χ3n) is 2.98. The Morgan fingerprint density at radius 1 is 1.10 bits per heavy atom. The number of phenols is 1. The number of carbonyl (C=O) groups is 1. The number of phenolic OH excluding ortho intramolecular Hbond substituents is 1. The summed E-state index contributed by atoms with van der Waals surface area (Å²) < 4.78 is 15.3. The number of para-hydroxylation sites is 1. The van der Waals surface area contributed by atoms with Crippen molar-refractivity contribution in [3.05, 3.63) is 53.6 Å². The van der Waals surface area contributed by atoms with Crippen LogP contribution in [0.2, 0.25) is 0 Å². The Balaban J connectivity index is 2.08. The second-order valence-electron chi connectivity index (χ2n) is 4.27. The van der Waals surface area contributed by atoms with Crippen LogP contribution in [-0.2, 0) is 11.3 Å². The summed E-state index contributed by atoms with van der Waals surface area (Å²) in [7, 11) is 3.03. The minimum Gasteiger partial charge on any atom is -0.507 e. The van der Waals surface area contributed by atoms with Crippen molar-refractivity contribution in [1.29, 1.82) is 0 Å². The van der Waals surface area contributed by atoms with Gasteiger partial charge in [-0.25, -0.2) is 4.79 Å². The lowest BCUT2D eigenvalue weighted by molar-refractivity contribution is 0.0467. The summed E-state index contributed by atoms with van der Waals surface area (Å²) >= 11 is 0. The van der Waals surface area contributed by atoms with Crippen LogP contribution in [0.1, 0.15) is 15.9 Å². The van der Waals surface area contributed by atoms with Gasteiger partial charge in [-0.15, -0.1) is 0 Å². The molecule has 0 radical (unpaired) electrons. The van der Waals surface area contributed by atoms with Crippen LogP contribution in [0.5, 0.6) is 17.2 Å². The standard InChI is InChI=1S/C16H16O5/c1-19-12-7-8-13(14(17)9-12)16(18)21-10-11-5-3-4-6-15(11)20-2/h3-9,17H,10H2,1-2H3. The predicted molar refractivity (Wildman–Crippen MR) is 76.8 cm³/mol. The van der Waals surface area contributed by atoms with Gasteiger partial charge < -0.3 is 19.3 Å². The zero-order valence-corrected chi connectivity index (χ0v) is 11.8. The third kappa shape index (κ3) is 3.45. The Labute approximate surface area is 122 Å². The van der Waals surface area contributed by atoms with Gasteiger partial charge in [-0.1, -0.05) is 18.2 Å². The quantitative estimate of drug-likeness (QED) is 0.857. The first-order valence-corrected chi connectivity index (χ1v) is 6.31. The van der Waals surface area contributed by atoms with E-state index in [9.17, 15) is 9.90 Å². The molecule has 5 nitrogen and oxygen atoms in total. The lowest BCUT2D eigenvalue weighted by Gasteiger charge is -2.10. The van der Waals surface area contributed by atoms with Crippen LogP contribution in [-0.4, -0.2) is 25.3 Å². The molecular weight excluding hydrogens is 272 g/mol. The molecule has 0 saturated heterocycles. The molecule has 0 aliphatic carbocycles. The number of ether oxygens (including phenoxy) is 3. The molecule has 2 aromatic rings. The second kappa shape index (κ2) is 6.65. The van der Waals surface area contributed by atoms with E-state index in [4.69, 9.17) is 14.2 Å². The van der Waals surface area contributed by atoms with Gasteiger partial charge in [0.05, 0.1) is 14.2 Å². The summed E-state index contributed by atoms with van der Waals surface area (Å²) in [5, 5.41) is 9.79. The van der Waals surface area contributed by atoms with E-state index in [0.717, 1.165) is 5.56 Å². The van der Waals surface area contributed by atoms with Crippen molar-refractivity contribution in [1.82, 2.24) is 0 Å². The molecule has 2 rings (SSSR count). The molecule has 21 heavy (non-hydrogen) atoms. The van der Waals surface area contributed by atoms with Crippen LogP contribution < -0.4 is 9.47 Å². The van der Waals surface area contributed by atoms with Crippen molar-refractivity contribution < 1.29 is 24.1 Å². The van der Waals surface area contributed by atoms with E-state index in [2.05, 4.69) is 0 Å². The monoisotopic (exact) mass is 288 g/mol. The van der Waals surface area contributed by atoms with Gasteiger partial charge in [-0.05, 0) is 18.2 Å². The fourth-order valence-electron chi connectivity index (χ4n) is 1.85. The van der Waals surface area contributed by atoms with Gasteiger partial charge in [0.15, 0.2) is 0 Å². The summed E-state index contributed by atoms with van der Waals surface area (Å²) in [5.74, 6) is 0.318. The van der Waals surface area contributed by atoms with E-state index < -0.39 is 5.97 Å². The summed E-state index contributed by atoms with van der Waals surface area (Å²) in [6, 6.07) is 11.7. The SMILES string of the molecule is COc1ccc(C(=O)OCc2ccccc2OC)c(O)c1. The third-order valence-corrected chi connectivity index (χ3v) is 2.98. The number of rotatable bonds is 5. The van der Waals surface area contributed by atoms with Crippen LogP contribution in [0.15, 0.2) is 42.5 Å². The number of hydrogen-bond donors (Lipinski definition) is 1. The number of aromatic hydroxyl groups is 1. The first-order valence-electron chi connectivity index (χ1n) is 6.31. The summed E-state index contributed by atoms with van der Waals surface area (Å²) in [5.41, 5.74) is 0.840. The number of methoxy groups -OCH3 is 2. The summed E-state index contributed by atoms with van der Waals surface area (Å²) in [6.45, 7) is 0.0638. The second-order valence-corrected chi connectivity index (χ2v) is 4.27. The van der Waals surface area contributed by atoms with Gasteiger partial charge in [0.2, 0.25) is 0 Å². The van der Waals surface area contributed by atoms with Crippen molar-refractivity contribution >= 4 is 5.97 Å². The van der Waals surface area contributed by atoms with E-state index in [-0.39, 0.29) is 17.9 Å². The molecule has 1 N–H and O–H groups in total. The lowest BCUT2D eigenvalue weighted by Crippen LogP contribution is -2.06. The maximum atomic E-state index is 12.0. The Kier molecular flexibility index (Phi) is 4.66. The summed E-state index contributed by atoms with van der Waals surface area (Å²) in [4.78, 5) is 12.0. The molecule has 0 aromatic heterocycles. The van der Waals surface area contributed by atoms with E-state index in [1.807, 2.05) is 12.1 Å². The Morgan fingerprint density at radius 2 is 1.86 bits per heavy atom. The highest BCUT2D eigenvalue weighted by Crippen LogP contribution is 2.25. The Morgan fingerprint density at radius 3 is 2.52 bits per heavy atom. The molecule has 0 aliphatic rings. The molecule has 0 aliphatic heterocycles. The van der Waals surface area contributed by atoms with Gasteiger partial charge in [0, 0.05) is 11.6 Å². The van der Waals surface area contributed by atoms with Gasteiger partial charge in [0.25, 0.3) is 0 Å². The molecule has 0 atom stereocenters. The number of carbonyl (C=O) groups excluding carboxylic acids is 1. The van der Waals surface area contributed by atoms with Crippen molar-refractivity contribution in [3.63, 3.8) is 0 Å².